The first-order valence-electron chi connectivity index (χ1n) is 4.07. The maximum Gasteiger partial charge on any atom is 0.107 e. The third-order valence-corrected chi connectivity index (χ3v) is 1.11. The Bertz CT molecular complexity index is 201. The molecule has 0 N–H and O–H groups in total. The molecule has 0 amide bonds. The second-order valence-corrected chi connectivity index (χ2v) is 1.83. The number of allylic oxidation sites excluding steroid dienone is 1. The first kappa shape index (κ1) is 9.97. The van der Waals surface area contributed by atoms with Crippen LogP contribution < -0.4 is 0 Å². The van der Waals surface area contributed by atoms with Crippen molar-refractivity contribution < 1.29 is 0 Å². The van der Waals surface area contributed by atoms with Gasteiger partial charge in [0.15, 0.2) is 0 Å². The van der Waals surface area contributed by atoms with Crippen LogP contribution in [0.25, 0.3) is 0 Å². The van der Waals surface area contributed by atoms with Gasteiger partial charge in [-0.3, -0.25) is 4.99 Å². The van der Waals surface area contributed by atoms with E-state index in [0.717, 1.165) is 18.7 Å². The number of aliphatic imine (C=N–C) groups is 1. The van der Waals surface area contributed by atoms with Crippen LogP contribution in [0.15, 0.2) is 17.1 Å². The summed E-state index contributed by atoms with van der Waals surface area (Å²) < 4.78 is 0. The summed E-state index contributed by atoms with van der Waals surface area (Å²) in [6.45, 7) is 6.73. The van der Waals surface area contributed by atoms with Crippen molar-refractivity contribution >= 4 is 5.71 Å². The number of nitrogens with zero attached hydrogens (tertiary/aromatic N) is 1. The van der Waals surface area contributed by atoms with Crippen molar-refractivity contribution in [2.45, 2.75) is 27.2 Å². The quantitative estimate of drug-likeness (QED) is 0.469. The lowest BCUT2D eigenvalue weighted by atomic mass is 10.2. The van der Waals surface area contributed by atoms with Gasteiger partial charge in [0.1, 0.15) is 5.71 Å². The molecule has 0 aromatic heterocycles. The summed E-state index contributed by atoms with van der Waals surface area (Å²) in [4.78, 5) is 4.18. The van der Waals surface area contributed by atoms with Crippen molar-refractivity contribution in [3.8, 4) is 11.8 Å². The molecule has 60 valence electrons. The fraction of sp³-hybridized carbons (Fsp3) is 0.500. The van der Waals surface area contributed by atoms with Gasteiger partial charge < -0.3 is 0 Å². The van der Waals surface area contributed by atoms with E-state index in [1.807, 2.05) is 26.8 Å². The molecule has 1 nitrogen and oxygen atoms in total. The summed E-state index contributed by atoms with van der Waals surface area (Å²) in [5.41, 5.74) is 0.920. The third kappa shape index (κ3) is 4.38. The molecular weight excluding hydrogens is 134 g/mol. The molecule has 0 aromatic rings. The van der Waals surface area contributed by atoms with Gasteiger partial charge in [-0.05, 0) is 25.3 Å². The van der Waals surface area contributed by atoms with Crippen molar-refractivity contribution in [1.82, 2.24) is 0 Å². The van der Waals surface area contributed by atoms with E-state index in [0.29, 0.717) is 0 Å². The highest BCUT2D eigenvalue weighted by molar-refractivity contribution is 6.08. The smallest absolute Gasteiger partial charge is 0.107 e. The summed E-state index contributed by atoms with van der Waals surface area (Å²) >= 11 is 0. The molecule has 1 rings (SSSR count). The molecule has 1 aliphatic rings. The van der Waals surface area contributed by atoms with E-state index in [1.54, 1.807) is 0 Å². The van der Waals surface area contributed by atoms with Gasteiger partial charge in [0.05, 0.1) is 0 Å². The first-order valence-corrected chi connectivity index (χ1v) is 4.07. The first-order chi connectivity index (χ1) is 5.43. The van der Waals surface area contributed by atoms with Gasteiger partial charge in [-0.1, -0.05) is 25.8 Å². The summed E-state index contributed by atoms with van der Waals surface area (Å²) in [6, 6.07) is 0. The fourth-order valence-electron chi connectivity index (χ4n) is 0.716. The van der Waals surface area contributed by atoms with Gasteiger partial charge in [-0.25, -0.2) is 0 Å². The van der Waals surface area contributed by atoms with E-state index in [9.17, 15) is 0 Å². The van der Waals surface area contributed by atoms with Crippen molar-refractivity contribution in [2.75, 3.05) is 6.54 Å². The van der Waals surface area contributed by atoms with E-state index in [4.69, 9.17) is 0 Å². The molecule has 1 heteroatoms. The van der Waals surface area contributed by atoms with E-state index in [2.05, 4.69) is 22.9 Å². The van der Waals surface area contributed by atoms with Crippen molar-refractivity contribution in [2.24, 2.45) is 4.99 Å². The lowest BCUT2D eigenvalue weighted by Crippen LogP contribution is -1.95. The highest BCUT2D eigenvalue weighted by Gasteiger charge is 1.91. The predicted molar refractivity (Wildman–Crippen MR) is 50.9 cm³/mol. The Morgan fingerprint density at radius 2 is 2.18 bits per heavy atom. The summed E-state index contributed by atoms with van der Waals surface area (Å²) in [5, 5.41) is 0. The molecule has 0 radical (unpaired) electrons. The maximum absolute atomic E-state index is 4.18. The zero-order chi connectivity index (χ0) is 8.53. The van der Waals surface area contributed by atoms with Crippen LogP contribution in [0.1, 0.15) is 27.2 Å². The molecule has 0 saturated heterocycles. The van der Waals surface area contributed by atoms with Crippen LogP contribution in [-0.2, 0) is 0 Å². The SMILES string of the molecule is CC.CC#CC1=NCCC=C1. The molecule has 0 aromatic carbocycles. The van der Waals surface area contributed by atoms with Gasteiger partial charge in [0.25, 0.3) is 0 Å². The van der Waals surface area contributed by atoms with Crippen LogP contribution >= 0.6 is 0 Å². The Labute approximate surface area is 69.2 Å². The fourth-order valence-corrected chi connectivity index (χ4v) is 0.716. The molecule has 1 aliphatic heterocycles. The van der Waals surface area contributed by atoms with E-state index >= 15 is 0 Å². The zero-order valence-electron chi connectivity index (χ0n) is 7.52. The summed E-state index contributed by atoms with van der Waals surface area (Å²) in [5.74, 6) is 5.70. The number of hydrogen-bond acceptors (Lipinski definition) is 1. The Hall–Kier alpha value is -1.03. The van der Waals surface area contributed by atoms with Crippen LogP contribution in [0.4, 0.5) is 0 Å². The number of dihydropyridines is 1. The zero-order valence-corrected chi connectivity index (χ0v) is 7.52. The number of hydrogen-bond donors (Lipinski definition) is 0. The topological polar surface area (TPSA) is 12.4 Å². The normalized spacial score (nSPS) is 13.5. The minimum absolute atomic E-state index is 0.903. The van der Waals surface area contributed by atoms with Gasteiger partial charge in [0.2, 0.25) is 0 Å². The van der Waals surface area contributed by atoms with E-state index in [-0.39, 0.29) is 0 Å². The minimum Gasteiger partial charge on any atom is -0.276 e. The van der Waals surface area contributed by atoms with Gasteiger partial charge in [0, 0.05) is 6.54 Å². The Kier molecular flexibility index (Phi) is 6.42. The summed E-state index contributed by atoms with van der Waals surface area (Å²) in [6.07, 6.45) is 5.14. The van der Waals surface area contributed by atoms with Crippen LogP contribution in [0.2, 0.25) is 0 Å². The maximum atomic E-state index is 4.18. The van der Waals surface area contributed by atoms with Gasteiger partial charge in [-0.2, -0.15) is 0 Å². The Morgan fingerprint density at radius 1 is 1.45 bits per heavy atom. The largest absolute Gasteiger partial charge is 0.276 e. The molecule has 0 saturated carbocycles. The van der Waals surface area contributed by atoms with Crippen LogP contribution in [-0.4, -0.2) is 12.3 Å². The van der Waals surface area contributed by atoms with Crippen molar-refractivity contribution in [3.63, 3.8) is 0 Å². The molecule has 1 heterocycles. The van der Waals surface area contributed by atoms with Crippen LogP contribution in [0.5, 0.6) is 0 Å². The van der Waals surface area contributed by atoms with E-state index in [1.165, 1.54) is 0 Å². The average Bonchev–Trinajstić information content (AvgIpc) is 2.11. The second kappa shape index (κ2) is 7.08. The molecule has 0 fully saturated rings. The Balaban J connectivity index is 0.000000461. The molecular formula is C10H15N. The predicted octanol–water partition coefficient (Wildman–Crippen LogP) is 2.44. The highest BCUT2D eigenvalue weighted by Crippen LogP contribution is 1.94. The average molecular weight is 149 g/mol. The van der Waals surface area contributed by atoms with E-state index < -0.39 is 0 Å². The molecule has 11 heavy (non-hydrogen) atoms. The molecule has 0 spiro atoms. The van der Waals surface area contributed by atoms with Crippen LogP contribution in [0.3, 0.4) is 0 Å². The van der Waals surface area contributed by atoms with Gasteiger partial charge >= 0.3 is 0 Å². The lowest BCUT2D eigenvalue weighted by Gasteiger charge is -1.96. The minimum atomic E-state index is 0.903. The third-order valence-electron chi connectivity index (χ3n) is 1.11. The molecule has 0 bridgehead atoms. The Morgan fingerprint density at radius 3 is 2.64 bits per heavy atom. The summed E-state index contributed by atoms with van der Waals surface area (Å²) in [7, 11) is 0. The van der Waals surface area contributed by atoms with Gasteiger partial charge in [-0.15, -0.1) is 0 Å². The highest BCUT2D eigenvalue weighted by atomic mass is 14.7. The second-order valence-electron chi connectivity index (χ2n) is 1.83. The van der Waals surface area contributed by atoms with Crippen molar-refractivity contribution in [3.05, 3.63) is 12.2 Å². The molecule has 0 unspecified atom stereocenters. The molecule has 0 atom stereocenters. The molecule has 0 aliphatic carbocycles. The van der Waals surface area contributed by atoms with Crippen LogP contribution in [0, 0.1) is 11.8 Å². The standard InChI is InChI=1S/C8H9N.C2H6/c1-2-5-8-6-3-4-7-9-8;1-2/h3,6H,4,7H2,1H3;1-2H3. The van der Waals surface area contributed by atoms with Crippen molar-refractivity contribution in [1.29, 1.82) is 0 Å². The monoisotopic (exact) mass is 149 g/mol. The number of rotatable bonds is 0. The lowest BCUT2D eigenvalue weighted by molar-refractivity contribution is 0.997.